The fourth-order valence-electron chi connectivity index (χ4n) is 2.78. The molecule has 0 spiro atoms. The van der Waals surface area contributed by atoms with Crippen LogP contribution in [0, 0.1) is 10.1 Å². The Bertz CT molecular complexity index is 1020. The molecule has 0 saturated heterocycles. The molecular formula is C17H10F3N3O5. The van der Waals surface area contributed by atoms with Crippen molar-refractivity contribution in [2.75, 3.05) is 11.9 Å². The average molecular weight is 393 g/mol. The molecule has 0 radical (unpaired) electrons. The molecule has 1 heterocycles. The predicted octanol–water partition coefficient (Wildman–Crippen LogP) is 2.85. The summed E-state index contributed by atoms with van der Waals surface area (Å²) in [6.45, 7) is -0.893. The minimum atomic E-state index is -4.72. The summed E-state index contributed by atoms with van der Waals surface area (Å²) in [6.07, 6.45) is -4.72. The maximum absolute atomic E-state index is 13.0. The maximum Gasteiger partial charge on any atom is 0.418 e. The average Bonchev–Trinajstić information content (AvgIpc) is 2.86. The van der Waals surface area contributed by atoms with E-state index in [-0.39, 0.29) is 5.56 Å². The third kappa shape index (κ3) is 3.29. The molecule has 3 amide bonds. The molecule has 11 heteroatoms. The van der Waals surface area contributed by atoms with Crippen LogP contribution in [0.1, 0.15) is 26.3 Å². The number of hydrogen-bond donors (Lipinski definition) is 1. The fourth-order valence-corrected chi connectivity index (χ4v) is 2.78. The van der Waals surface area contributed by atoms with Gasteiger partial charge in [0.2, 0.25) is 5.91 Å². The number of alkyl halides is 3. The quantitative estimate of drug-likeness (QED) is 0.488. The highest BCUT2D eigenvalue weighted by atomic mass is 19.4. The summed E-state index contributed by atoms with van der Waals surface area (Å²) in [4.78, 5) is 47.5. The zero-order valence-electron chi connectivity index (χ0n) is 13.8. The molecule has 3 rings (SSSR count). The number of nitrogens with zero attached hydrogens (tertiary/aromatic N) is 2. The highest BCUT2D eigenvalue weighted by molar-refractivity contribution is 6.24. The Kier molecular flexibility index (Phi) is 4.59. The van der Waals surface area contributed by atoms with E-state index in [0.29, 0.717) is 4.90 Å². The highest BCUT2D eigenvalue weighted by Crippen LogP contribution is 2.35. The number of amides is 3. The third-order valence-corrected chi connectivity index (χ3v) is 3.98. The van der Waals surface area contributed by atoms with Gasteiger partial charge in [0.05, 0.1) is 21.7 Å². The van der Waals surface area contributed by atoms with Gasteiger partial charge >= 0.3 is 6.18 Å². The summed E-state index contributed by atoms with van der Waals surface area (Å²) in [5, 5.41) is 13.1. The van der Waals surface area contributed by atoms with Gasteiger partial charge in [-0.25, -0.2) is 0 Å². The van der Waals surface area contributed by atoms with Crippen LogP contribution >= 0.6 is 0 Å². The first-order chi connectivity index (χ1) is 13.1. The van der Waals surface area contributed by atoms with Gasteiger partial charge in [0.25, 0.3) is 17.5 Å². The van der Waals surface area contributed by atoms with E-state index in [1.165, 1.54) is 18.2 Å². The van der Waals surface area contributed by atoms with E-state index in [1.54, 1.807) is 0 Å². The molecule has 0 atom stereocenters. The van der Waals surface area contributed by atoms with Crippen LogP contribution in [-0.4, -0.2) is 34.1 Å². The zero-order chi connectivity index (χ0) is 20.6. The molecule has 1 aliphatic rings. The van der Waals surface area contributed by atoms with Crippen molar-refractivity contribution in [1.29, 1.82) is 0 Å². The first kappa shape index (κ1) is 19.0. The van der Waals surface area contributed by atoms with Gasteiger partial charge in [-0.2, -0.15) is 13.2 Å². The van der Waals surface area contributed by atoms with Gasteiger partial charge in [-0.05, 0) is 18.2 Å². The Morgan fingerprint density at radius 1 is 1.07 bits per heavy atom. The molecule has 1 aliphatic heterocycles. The van der Waals surface area contributed by atoms with Crippen LogP contribution in [0.3, 0.4) is 0 Å². The molecule has 1 N–H and O–H groups in total. The van der Waals surface area contributed by atoms with Crippen molar-refractivity contribution in [1.82, 2.24) is 4.90 Å². The lowest BCUT2D eigenvalue weighted by molar-refractivity contribution is -0.385. The van der Waals surface area contributed by atoms with Crippen molar-refractivity contribution in [3.05, 3.63) is 69.3 Å². The van der Waals surface area contributed by atoms with E-state index in [2.05, 4.69) is 0 Å². The third-order valence-electron chi connectivity index (χ3n) is 3.98. The van der Waals surface area contributed by atoms with Crippen molar-refractivity contribution < 1.29 is 32.5 Å². The lowest BCUT2D eigenvalue weighted by atomic mass is 10.1. The SMILES string of the molecule is O=C(CN1C(=O)c2cccc([N+](=O)[O-])c2C1=O)Nc1ccccc1C(F)(F)F. The molecule has 0 saturated carbocycles. The number of anilines is 1. The lowest BCUT2D eigenvalue weighted by Crippen LogP contribution is -2.37. The molecule has 8 nitrogen and oxygen atoms in total. The van der Waals surface area contributed by atoms with Gasteiger partial charge in [-0.3, -0.25) is 29.4 Å². The Hall–Kier alpha value is -3.76. The van der Waals surface area contributed by atoms with Crippen molar-refractivity contribution in [3.8, 4) is 0 Å². The Morgan fingerprint density at radius 2 is 1.75 bits per heavy atom. The molecule has 28 heavy (non-hydrogen) atoms. The summed E-state index contributed by atoms with van der Waals surface area (Å²) < 4.78 is 39.0. The minimum absolute atomic E-state index is 0.248. The molecule has 2 aromatic carbocycles. The second-order valence-corrected chi connectivity index (χ2v) is 5.74. The number of halogens is 3. The van der Waals surface area contributed by atoms with E-state index in [0.717, 1.165) is 24.3 Å². The van der Waals surface area contributed by atoms with Crippen LogP contribution in [0.5, 0.6) is 0 Å². The van der Waals surface area contributed by atoms with Crippen LogP contribution in [0.2, 0.25) is 0 Å². The van der Waals surface area contributed by atoms with Gasteiger partial charge in [-0.1, -0.05) is 18.2 Å². The van der Waals surface area contributed by atoms with Gasteiger partial charge < -0.3 is 5.32 Å². The highest BCUT2D eigenvalue weighted by Gasteiger charge is 2.42. The first-order valence-corrected chi connectivity index (χ1v) is 7.71. The Balaban J connectivity index is 1.83. The van der Waals surface area contributed by atoms with E-state index in [4.69, 9.17) is 0 Å². The van der Waals surface area contributed by atoms with E-state index < -0.39 is 57.9 Å². The van der Waals surface area contributed by atoms with Gasteiger partial charge in [-0.15, -0.1) is 0 Å². The Morgan fingerprint density at radius 3 is 2.39 bits per heavy atom. The van der Waals surface area contributed by atoms with Crippen LogP contribution in [-0.2, 0) is 11.0 Å². The van der Waals surface area contributed by atoms with Gasteiger partial charge in [0.1, 0.15) is 12.1 Å². The number of nitro groups is 1. The number of para-hydroxylation sites is 1. The van der Waals surface area contributed by atoms with Crippen molar-refractivity contribution in [2.24, 2.45) is 0 Å². The number of imide groups is 1. The number of carbonyl (C=O) groups excluding carboxylic acids is 3. The molecule has 144 valence electrons. The maximum atomic E-state index is 13.0. The predicted molar refractivity (Wildman–Crippen MR) is 88.5 cm³/mol. The first-order valence-electron chi connectivity index (χ1n) is 7.71. The lowest BCUT2D eigenvalue weighted by Gasteiger charge is -2.16. The molecule has 0 bridgehead atoms. The second-order valence-electron chi connectivity index (χ2n) is 5.74. The molecule has 2 aromatic rings. The number of hydrogen-bond acceptors (Lipinski definition) is 5. The van der Waals surface area contributed by atoms with Crippen molar-refractivity contribution in [2.45, 2.75) is 6.18 Å². The number of carbonyl (C=O) groups is 3. The minimum Gasteiger partial charge on any atom is -0.324 e. The van der Waals surface area contributed by atoms with E-state index in [9.17, 15) is 37.7 Å². The smallest absolute Gasteiger partial charge is 0.324 e. The van der Waals surface area contributed by atoms with E-state index >= 15 is 0 Å². The molecule has 0 aliphatic carbocycles. The van der Waals surface area contributed by atoms with Crippen molar-refractivity contribution in [3.63, 3.8) is 0 Å². The van der Waals surface area contributed by atoms with Gasteiger partial charge in [0, 0.05) is 6.07 Å². The van der Waals surface area contributed by atoms with Gasteiger partial charge in [0.15, 0.2) is 0 Å². The summed E-state index contributed by atoms with van der Waals surface area (Å²) in [6, 6.07) is 7.64. The van der Waals surface area contributed by atoms with Crippen LogP contribution in [0.4, 0.5) is 24.5 Å². The Labute approximate surface area is 154 Å². The normalized spacial score (nSPS) is 13.5. The fraction of sp³-hybridized carbons (Fsp3) is 0.118. The number of nitrogens with one attached hydrogen (secondary N) is 1. The summed E-state index contributed by atoms with van der Waals surface area (Å²) >= 11 is 0. The summed E-state index contributed by atoms with van der Waals surface area (Å²) in [5.41, 5.74) is -2.94. The number of rotatable bonds is 4. The molecular weight excluding hydrogens is 383 g/mol. The van der Waals surface area contributed by atoms with Crippen LogP contribution in [0.15, 0.2) is 42.5 Å². The number of benzene rings is 2. The van der Waals surface area contributed by atoms with Crippen molar-refractivity contribution >= 4 is 29.1 Å². The zero-order valence-corrected chi connectivity index (χ0v) is 13.8. The monoisotopic (exact) mass is 393 g/mol. The van der Waals surface area contributed by atoms with Crippen LogP contribution < -0.4 is 5.32 Å². The molecule has 0 aromatic heterocycles. The summed E-state index contributed by atoms with van der Waals surface area (Å²) in [7, 11) is 0. The number of nitro benzene ring substituents is 1. The topological polar surface area (TPSA) is 110 Å². The second kappa shape index (κ2) is 6.76. The number of fused-ring (bicyclic) bond motifs is 1. The molecule has 0 unspecified atom stereocenters. The van der Waals surface area contributed by atoms with E-state index in [1.807, 2.05) is 5.32 Å². The molecule has 0 fully saturated rings. The van der Waals surface area contributed by atoms with Crippen LogP contribution in [0.25, 0.3) is 0 Å². The standard InChI is InChI=1S/C17H10F3N3O5/c18-17(19,20)10-5-1-2-6-11(10)21-13(24)8-22-15(25)9-4-3-7-12(23(27)28)14(9)16(22)26/h1-7H,8H2,(H,21,24). The summed E-state index contributed by atoms with van der Waals surface area (Å²) in [5.74, 6) is -3.07. The largest absolute Gasteiger partial charge is 0.418 e.